The molecule has 0 radical (unpaired) electrons. The average molecular weight is 353 g/mol. The number of hydrogen-bond donors (Lipinski definition) is 0. The lowest BCUT2D eigenvalue weighted by atomic mass is 9.82. The Morgan fingerprint density at radius 2 is 1.92 bits per heavy atom. The molecular formula is C20H19NO3S. The Balaban J connectivity index is 1.93. The first-order chi connectivity index (χ1) is 12.0. The number of rotatable bonds is 4. The van der Waals surface area contributed by atoms with Gasteiger partial charge in [-0.25, -0.2) is 12.4 Å². The monoisotopic (exact) mass is 353 g/mol. The maximum Gasteiger partial charge on any atom is 0.268 e. The van der Waals surface area contributed by atoms with Gasteiger partial charge < -0.3 is 4.79 Å². The van der Waals surface area contributed by atoms with Crippen molar-refractivity contribution in [2.45, 2.75) is 37.0 Å². The van der Waals surface area contributed by atoms with E-state index >= 15 is 0 Å². The topological polar surface area (TPSA) is 56.1 Å². The van der Waals surface area contributed by atoms with Crippen LogP contribution in [0.2, 0.25) is 0 Å². The molecule has 3 aromatic rings. The first-order valence-electron chi connectivity index (χ1n) is 8.41. The van der Waals surface area contributed by atoms with E-state index in [0.29, 0.717) is 11.9 Å². The molecule has 25 heavy (non-hydrogen) atoms. The zero-order valence-electron chi connectivity index (χ0n) is 14.0. The van der Waals surface area contributed by atoms with Gasteiger partial charge in [-0.15, -0.1) is 0 Å². The molecule has 0 N–H and O–H groups in total. The van der Waals surface area contributed by atoms with Crippen LogP contribution < -0.4 is 0 Å². The van der Waals surface area contributed by atoms with Crippen molar-refractivity contribution < 1.29 is 13.2 Å². The van der Waals surface area contributed by atoms with E-state index in [1.807, 2.05) is 37.3 Å². The quantitative estimate of drug-likeness (QED) is 0.670. The minimum absolute atomic E-state index is 0.173. The van der Waals surface area contributed by atoms with Gasteiger partial charge >= 0.3 is 0 Å². The molecule has 4 nitrogen and oxygen atoms in total. The number of carbonyl (C=O) groups is 1. The van der Waals surface area contributed by atoms with Crippen LogP contribution in [0.15, 0.2) is 53.6 Å². The summed E-state index contributed by atoms with van der Waals surface area (Å²) in [4.78, 5) is 11.3. The van der Waals surface area contributed by atoms with Gasteiger partial charge in [0.2, 0.25) is 0 Å². The number of nitrogens with zero attached hydrogens (tertiary/aromatic N) is 1. The molecule has 0 bridgehead atoms. The van der Waals surface area contributed by atoms with E-state index < -0.39 is 10.0 Å². The largest absolute Gasteiger partial charge is 0.303 e. The number of carbonyl (C=O) groups excluding carboxylic acids is 1. The van der Waals surface area contributed by atoms with Gasteiger partial charge in [-0.05, 0) is 55.0 Å². The Labute approximate surface area is 147 Å². The molecule has 1 aliphatic carbocycles. The van der Waals surface area contributed by atoms with E-state index in [2.05, 4.69) is 0 Å². The van der Waals surface area contributed by atoms with Crippen LogP contribution in [0.3, 0.4) is 0 Å². The maximum absolute atomic E-state index is 13.1. The zero-order valence-corrected chi connectivity index (χ0v) is 14.8. The number of aryl methyl sites for hydroxylation is 2. The fourth-order valence-electron chi connectivity index (χ4n) is 3.77. The molecule has 5 heteroatoms. The third-order valence-corrected chi connectivity index (χ3v) is 6.75. The van der Waals surface area contributed by atoms with Gasteiger partial charge in [0.1, 0.15) is 6.29 Å². The van der Waals surface area contributed by atoms with E-state index in [1.54, 1.807) is 18.3 Å². The van der Waals surface area contributed by atoms with E-state index in [1.165, 1.54) is 3.97 Å². The van der Waals surface area contributed by atoms with Crippen molar-refractivity contribution in [1.82, 2.24) is 3.97 Å². The summed E-state index contributed by atoms with van der Waals surface area (Å²) in [5, 5.41) is 0.997. The Hall–Kier alpha value is -2.40. The van der Waals surface area contributed by atoms with Crippen molar-refractivity contribution in [2.75, 3.05) is 0 Å². The molecule has 0 aliphatic heterocycles. The van der Waals surface area contributed by atoms with Crippen molar-refractivity contribution in [2.24, 2.45) is 0 Å². The van der Waals surface area contributed by atoms with Crippen molar-refractivity contribution in [3.63, 3.8) is 0 Å². The Bertz CT molecular complexity index is 1060. The van der Waals surface area contributed by atoms with Crippen molar-refractivity contribution in [1.29, 1.82) is 0 Å². The second kappa shape index (κ2) is 5.85. The minimum Gasteiger partial charge on any atom is -0.303 e. The van der Waals surface area contributed by atoms with Crippen molar-refractivity contribution in [3.8, 4) is 0 Å². The highest BCUT2D eigenvalue weighted by molar-refractivity contribution is 7.90. The second-order valence-corrected chi connectivity index (χ2v) is 8.46. The molecule has 1 aliphatic rings. The van der Waals surface area contributed by atoms with Crippen LogP contribution in [0.1, 0.15) is 35.4 Å². The molecule has 0 saturated carbocycles. The molecule has 0 amide bonds. The van der Waals surface area contributed by atoms with Crippen LogP contribution >= 0.6 is 0 Å². The predicted molar refractivity (Wildman–Crippen MR) is 97.4 cm³/mol. The third-order valence-electron chi connectivity index (χ3n) is 5.07. The lowest BCUT2D eigenvalue weighted by molar-refractivity contribution is -0.108. The van der Waals surface area contributed by atoms with E-state index in [-0.39, 0.29) is 10.8 Å². The summed E-state index contributed by atoms with van der Waals surface area (Å²) in [5.41, 5.74) is 3.85. The first-order valence-corrected chi connectivity index (χ1v) is 9.85. The second-order valence-electron chi connectivity index (χ2n) is 6.65. The number of hydrogen-bond acceptors (Lipinski definition) is 3. The summed E-state index contributed by atoms with van der Waals surface area (Å²) in [6, 6.07) is 12.7. The van der Waals surface area contributed by atoms with Crippen LogP contribution in [0, 0.1) is 6.92 Å². The molecule has 0 spiro atoms. The van der Waals surface area contributed by atoms with Gasteiger partial charge in [-0.3, -0.25) is 0 Å². The van der Waals surface area contributed by atoms with Crippen LogP contribution in [-0.4, -0.2) is 18.7 Å². The van der Waals surface area contributed by atoms with E-state index in [0.717, 1.165) is 41.2 Å². The molecule has 0 saturated heterocycles. The van der Waals surface area contributed by atoms with Crippen molar-refractivity contribution in [3.05, 3.63) is 65.4 Å². The van der Waals surface area contributed by atoms with Gasteiger partial charge in [0.25, 0.3) is 10.0 Å². The maximum atomic E-state index is 13.1. The normalized spacial score (nSPS) is 16.9. The third kappa shape index (κ3) is 2.50. The van der Waals surface area contributed by atoms with Crippen LogP contribution in [-0.2, 0) is 21.2 Å². The molecule has 1 atom stereocenters. The summed E-state index contributed by atoms with van der Waals surface area (Å²) in [7, 11) is -3.64. The summed E-state index contributed by atoms with van der Waals surface area (Å²) in [6.45, 7) is 1.93. The Morgan fingerprint density at radius 1 is 1.16 bits per heavy atom. The van der Waals surface area contributed by atoms with Crippen LogP contribution in [0.25, 0.3) is 10.9 Å². The molecule has 4 rings (SSSR count). The van der Waals surface area contributed by atoms with Crippen LogP contribution in [0.5, 0.6) is 0 Å². The SMILES string of the molecule is Cc1ccc(S(=O)(=O)n2cc3c4c(cccc42)C(CC=O)CC3)cc1. The Morgan fingerprint density at radius 3 is 2.64 bits per heavy atom. The van der Waals surface area contributed by atoms with Gasteiger partial charge in [0.15, 0.2) is 0 Å². The predicted octanol–water partition coefficient (Wildman–Crippen LogP) is 3.81. The lowest BCUT2D eigenvalue weighted by Gasteiger charge is -2.21. The highest BCUT2D eigenvalue weighted by Gasteiger charge is 2.27. The minimum atomic E-state index is -3.64. The summed E-state index contributed by atoms with van der Waals surface area (Å²) >= 11 is 0. The zero-order chi connectivity index (χ0) is 17.6. The van der Waals surface area contributed by atoms with Gasteiger partial charge in [-0.1, -0.05) is 29.8 Å². The Kier molecular flexibility index (Phi) is 3.76. The standard InChI is InChI=1S/C20H19NO3S/c1-14-5-9-17(10-6-14)25(23,24)21-13-16-8-7-15(11-12-22)18-3-2-4-19(21)20(16)18/h2-6,9-10,12-13,15H,7-8,11H2,1H3. The molecular weight excluding hydrogens is 334 g/mol. The summed E-state index contributed by atoms with van der Waals surface area (Å²) in [5.74, 6) is 0.173. The van der Waals surface area contributed by atoms with Crippen LogP contribution in [0.4, 0.5) is 0 Å². The fraction of sp³-hybridized carbons (Fsp3) is 0.250. The highest BCUT2D eigenvalue weighted by atomic mass is 32.2. The van der Waals surface area contributed by atoms with E-state index in [9.17, 15) is 13.2 Å². The number of aldehydes is 1. The molecule has 2 aromatic carbocycles. The summed E-state index contributed by atoms with van der Waals surface area (Å²) in [6.07, 6.45) is 4.85. The lowest BCUT2D eigenvalue weighted by Crippen LogP contribution is -2.11. The van der Waals surface area contributed by atoms with Gasteiger partial charge in [0, 0.05) is 18.0 Å². The van der Waals surface area contributed by atoms with E-state index in [4.69, 9.17) is 0 Å². The molecule has 128 valence electrons. The molecule has 1 aromatic heterocycles. The molecule has 0 fully saturated rings. The number of benzene rings is 2. The molecule has 1 heterocycles. The highest BCUT2D eigenvalue weighted by Crippen LogP contribution is 2.40. The smallest absolute Gasteiger partial charge is 0.268 e. The fourth-order valence-corrected chi connectivity index (χ4v) is 5.15. The van der Waals surface area contributed by atoms with Gasteiger partial charge in [-0.2, -0.15) is 0 Å². The van der Waals surface area contributed by atoms with Gasteiger partial charge in [0.05, 0.1) is 10.4 Å². The average Bonchev–Trinajstić information content (AvgIpc) is 2.99. The van der Waals surface area contributed by atoms with Crippen molar-refractivity contribution >= 4 is 27.2 Å². The summed E-state index contributed by atoms with van der Waals surface area (Å²) < 4.78 is 27.7. The number of aromatic nitrogens is 1. The first kappa shape index (κ1) is 16.1. The molecule has 1 unspecified atom stereocenters.